The Kier molecular flexibility index (Phi) is 8.40. The normalized spacial score (nSPS) is 11.8. The minimum absolute atomic E-state index is 0.840. The molecule has 0 fully saturated rings. The maximum atomic E-state index is 7.06. The number of nitrogens with zero attached hydrogens (tertiary/aromatic N) is 1. The topological polar surface area (TPSA) is 29.5 Å². The molecule has 64 heavy (non-hydrogen) atoms. The number of thiophene rings is 1. The summed E-state index contributed by atoms with van der Waals surface area (Å²) >= 11 is 1.85. The van der Waals surface area contributed by atoms with Gasteiger partial charge in [0.25, 0.3) is 0 Å². The predicted molar refractivity (Wildman–Crippen MR) is 270 cm³/mol. The van der Waals surface area contributed by atoms with Gasteiger partial charge in [0.2, 0.25) is 0 Å². The highest BCUT2D eigenvalue weighted by Gasteiger charge is 2.24. The Morgan fingerprint density at radius 1 is 0.297 bits per heavy atom. The first-order valence-electron chi connectivity index (χ1n) is 21.7. The summed E-state index contributed by atoms with van der Waals surface area (Å²) in [6, 6.07) is 80.1. The minimum atomic E-state index is 0.840. The van der Waals surface area contributed by atoms with Crippen LogP contribution in [0.1, 0.15) is 0 Å². The number of fused-ring (bicyclic) bond motifs is 10. The van der Waals surface area contributed by atoms with Crippen LogP contribution >= 0.6 is 11.3 Å². The SMILES string of the molecule is c1ccc(-c2ccc(N(c3ccc(-c4ccccc4)cc3)c3ccc(-c4ccc(-c5cccc6c5sc5ccccc56)c5c4oc4ccc6oc7ccccc7c6c45)cc3)cc2)cc1. The zero-order chi connectivity index (χ0) is 42.1. The average molecular weight is 836 g/mol. The highest BCUT2D eigenvalue weighted by Crippen LogP contribution is 2.49. The molecule has 10 aromatic carbocycles. The Hall–Kier alpha value is -8.18. The van der Waals surface area contributed by atoms with Gasteiger partial charge in [0, 0.05) is 69.9 Å². The second-order valence-electron chi connectivity index (χ2n) is 16.4. The van der Waals surface area contributed by atoms with Crippen molar-refractivity contribution in [2.45, 2.75) is 0 Å². The fraction of sp³-hybridized carbons (Fsp3) is 0. The Bertz CT molecular complexity index is 3780. The van der Waals surface area contributed by atoms with Gasteiger partial charge in [-0.3, -0.25) is 0 Å². The largest absolute Gasteiger partial charge is 0.456 e. The maximum Gasteiger partial charge on any atom is 0.143 e. The Morgan fingerprint density at radius 2 is 0.812 bits per heavy atom. The van der Waals surface area contributed by atoms with Crippen LogP contribution in [0.2, 0.25) is 0 Å². The second-order valence-corrected chi connectivity index (χ2v) is 17.4. The highest BCUT2D eigenvalue weighted by atomic mass is 32.1. The molecule has 0 aliphatic heterocycles. The van der Waals surface area contributed by atoms with E-state index in [-0.39, 0.29) is 0 Å². The third-order valence-electron chi connectivity index (χ3n) is 12.7. The molecule has 0 bridgehead atoms. The van der Waals surface area contributed by atoms with Gasteiger partial charge in [-0.25, -0.2) is 0 Å². The number of rotatable bonds is 7. The third kappa shape index (κ3) is 5.88. The molecule has 0 saturated carbocycles. The van der Waals surface area contributed by atoms with Gasteiger partial charge >= 0.3 is 0 Å². The number of anilines is 3. The number of benzene rings is 10. The van der Waals surface area contributed by atoms with E-state index >= 15 is 0 Å². The van der Waals surface area contributed by atoms with E-state index in [9.17, 15) is 0 Å². The van der Waals surface area contributed by atoms with Gasteiger partial charge in [0.1, 0.15) is 22.3 Å². The van der Waals surface area contributed by atoms with Crippen molar-refractivity contribution < 1.29 is 8.83 Å². The average Bonchev–Trinajstić information content (AvgIpc) is 4.07. The minimum Gasteiger partial charge on any atom is -0.456 e. The molecule has 3 nitrogen and oxygen atoms in total. The van der Waals surface area contributed by atoms with E-state index in [0.29, 0.717) is 0 Å². The van der Waals surface area contributed by atoms with Gasteiger partial charge in [-0.05, 0) is 100 Å². The van der Waals surface area contributed by atoms with Crippen molar-refractivity contribution >= 4 is 92.4 Å². The van der Waals surface area contributed by atoms with E-state index in [1.165, 1.54) is 48.0 Å². The molecule has 0 radical (unpaired) electrons. The van der Waals surface area contributed by atoms with Gasteiger partial charge in [-0.2, -0.15) is 0 Å². The van der Waals surface area contributed by atoms with Crippen molar-refractivity contribution in [2.24, 2.45) is 0 Å². The van der Waals surface area contributed by atoms with Crippen molar-refractivity contribution in [3.8, 4) is 44.5 Å². The number of para-hydroxylation sites is 1. The quantitative estimate of drug-likeness (QED) is 0.160. The molecule has 3 aromatic heterocycles. The molecule has 300 valence electrons. The van der Waals surface area contributed by atoms with Gasteiger partial charge in [0.15, 0.2) is 0 Å². The molecule has 0 aliphatic rings. The van der Waals surface area contributed by atoms with E-state index < -0.39 is 0 Å². The van der Waals surface area contributed by atoms with Crippen LogP contribution in [0.4, 0.5) is 17.1 Å². The lowest BCUT2D eigenvalue weighted by atomic mass is 9.92. The second kappa shape index (κ2) is 14.7. The molecule has 13 rings (SSSR count). The van der Waals surface area contributed by atoms with E-state index in [1.54, 1.807) is 0 Å². The van der Waals surface area contributed by atoms with Crippen LogP contribution < -0.4 is 4.90 Å². The summed E-state index contributed by atoms with van der Waals surface area (Å²) in [5, 5.41) is 6.89. The lowest BCUT2D eigenvalue weighted by Gasteiger charge is -2.26. The highest BCUT2D eigenvalue weighted by molar-refractivity contribution is 7.26. The van der Waals surface area contributed by atoms with E-state index in [1.807, 2.05) is 29.5 Å². The van der Waals surface area contributed by atoms with Gasteiger partial charge < -0.3 is 13.7 Å². The fourth-order valence-electron chi connectivity index (χ4n) is 9.69. The summed E-state index contributed by atoms with van der Waals surface area (Å²) in [6.07, 6.45) is 0. The lowest BCUT2D eigenvalue weighted by Crippen LogP contribution is -2.09. The first kappa shape index (κ1) is 36.5. The molecule has 0 unspecified atom stereocenters. The van der Waals surface area contributed by atoms with Gasteiger partial charge in [-0.15, -0.1) is 11.3 Å². The summed E-state index contributed by atoms with van der Waals surface area (Å²) in [5.74, 6) is 0. The van der Waals surface area contributed by atoms with Crippen LogP contribution in [-0.4, -0.2) is 0 Å². The van der Waals surface area contributed by atoms with Crippen LogP contribution in [0.25, 0.3) is 109 Å². The van der Waals surface area contributed by atoms with E-state index in [0.717, 1.165) is 77.6 Å². The van der Waals surface area contributed by atoms with Crippen LogP contribution in [0.5, 0.6) is 0 Å². The van der Waals surface area contributed by atoms with Crippen molar-refractivity contribution in [3.63, 3.8) is 0 Å². The van der Waals surface area contributed by atoms with Crippen LogP contribution in [0.3, 0.4) is 0 Å². The summed E-state index contributed by atoms with van der Waals surface area (Å²) < 4.78 is 16.1. The number of hydrogen-bond acceptors (Lipinski definition) is 4. The molecule has 3 heterocycles. The van der Waals surface area contributed by atoms with Crippen molar-refractivity contribution in [1.29, 1.82) is 0 Å². The monoisotopic (exact) mass is 835 g/mol. The summed E-state index contributed by atoms with van der Waals surface area (Å²) in [6.45, 7) is 0. The Balaban J connectivity index is 0.984. The summed E-state index contributed by atoms with van der Waals surface area (Å²) in [7, 11) is 0. The standard InChI is InChI=1S/C60H37NO2S/c1-3-12-38(13-4-1)40-22-28-43(29-23-40)61(44-30-24-41(25-31-44)39-14-5-2-6-15-39)45-32-26-42(27-33-45)46-34-35-48(50-19-11-18-49-47-16-8-10-21-55(47)64-60(49)50)57-58-54(63-59(46)57)37-36-53-56(58)51-17-7-9-20-52(51)62-53/h1-37H. The molecule has 0 aliphatic carbocycles. The molecule has 13 aromatic rings. The lowest BCUT2D eigenvalue weighted by molar-refractivity contribution is 0.663. The third-order valence-corrected chi connectivity index (χ3v) is 13.9. The fourth-order valence-corrected chi connectivity index (χ4v) is 10.9. The first-order valence-corrected chi connectivity index (χ1v) is 22.5. The van der Waals surface area contributed by atoms with Crippen molar-refractivity contribution in [1.82, 2.24) is 0 Å². The van der Waals surface area contributed by atoms with Gasteiger partial charge in [0.05, 0.1) is 0 Å². The number of hydrogen-bond donors (Lipinski definition) is 0. The molecule has 4 heteroatoms. The van der Waals surface area contributed by atoms with Crippen molar-refractivity contribution in [3.05, 3.63) is 224 Å². The molecule has 0 saturated heterocycles. The van der Waals surface area contributed by atoms with Crippen LogP contribution in [0.15, 0.2) is 233 Å². The Labute approximate surface area is 373 Å². The van der Waals surface area contributed by atoms with Crippen LogP contribution in [-0.2, 0) is 0 Å². The molecule has 0 atom stereocenters. The van der Waals surface area contributed by atoms with Crippen LogP contribution in [0, 0.1) is 0 Å². The molecular formula is C60H37NO2S. The van der Waals surface area contributed by atoms with E-state index in [4.69, 9.17) is 8.83 Å². The van der Waals surface area contributed by atoms with Crippen molar-refractivity contribution in [2.75, 3.05) is 4.90 Å². The summed E-state index contributed by atoms with van der Waals surface area (Å²) in [5.41, 5.74) is 15.9. The Morgan fingerprint density at radius 3 is 1.47 bits per heavy atom. The smallest absolute Gasteiger partial charge is 0.143 e. The maximum absolute atomic E-state index is 7.06. The predicted octanol–water partition coefficient (Wildman–Crippen LogP) is 18.0. The molecule has 0 N–H and O–H groups in total. The molecular weight excluding hydrogens is 799 g/mol. The van der Waals surface area contributed by atoms with Gasteiger partial charge in [-0.1, -0.05) is 158 Å². The zero-order valence-electron chi connectivity index (χ0n) is 34.5. The number of furan rings is 2. The molecule has 0 spiro atoms. The molecule has 0 amide bonds. The first-order chi connectivity index (χ1) is 31.7. The summed E-state index contributed by atoms with van der Waals surface area (Å²) in [4.78, 5) is 2.33. The zero-order valence-corrected chi connectivity index (χ0v) is 35.4. The van der Waals surface area contributed by atoms with E-state index in [2.05, 4.69) is 211 Å².